The van der Waals surface area contributed by atoms with Crippen LogP contribution in [0, 0.1) is 0 Å². The third kappa shape index (κ3) is 3.14. The van der Waals surface area contributed by atoms with Gasteiger partial charge in [-0.25, -0.2) is 8.93 Å². The van der Waals surface area contributed by atoms with Gasteiger partial charge in [0.25, 0.3) is 0 Å². The molecule has 88 valence electrons. The molecule has 1 fully saturated rings. The van der Waals surface area contributed by atoms with Crippen LogP contribution in [0.3, 0.4) is 0 Å². The van der Waals surface area contributed by atoms with E-state index in [0.29, 0.717) is 12.1 Å². The number of nitrogens with one attached hydrogen (secondary N) is 1. The third-order valence-corrected chi connectivity index (χ3v) is 4.25. The van der Waals surface area contributed by atoms with E-state index < -0.39 is 11.0 Å². The molecule has 1 aliphatic rings. The molecule has 1 atom stereocenters. The fourth-order valence-corrected chi connectivity index (χ4v) is 3.08. The second kappa shape index (κ2) is 5.57. The second-order valence-corrected chi connectivity index (χ2v) is 5.56. The maximum Gasteiger partial charge on any atom is 0.125 e. The summed E-state index contributed by atoms with van der Waals surface area (Å²) in [6.07, 6.45) is 4.12. The van der Waals surface area contributed by atoms with Gasteiger partial charge in [-0.3, -0.25) is 0 Å². The SMILES string of the molecule is NC1CCC(NS(=O)c2ccccc2)CC1. The lowest BCUT2D eigenvalue weighted by Crippen LogP contribution is -2.38. The average molecular weight is 238 g/mol. The Morgan fingerprint density at radius 1 is 1.12 bits per heavy atom. The van der Waals surface area contributed by atoms with E-state index in [0.717, 1.165) is 30.6 Å². The Kier molecular flexibility index (Phi) is 4.09. The van der Waals surface area contributed by atoms with Crippen LogP contribution >= 0.6 is 0 Å². The van der Waals surface area contributed by atoms with Crippen molar-refractivity contribution in [2.24, 2.45) is 5.73 Å². The molecule has 1 unspecified atom stereocenters. The van der Waals surface area contributed by atoms with E-state index in [1.165, 1.54) is 0 Å². The van der Waals surface area contributed by atoms with E-state index >= 15 is 0 Å². The second-order valence-electron chi connectivity index (χ2n) is 4.31. The number of benzene rings is 1. The fraction of sp³-hybridized carbons (Fsp3) is 0.500. The molecule has 4 heteroatoms. The standard InChI is InChI=1S/C12H18N2OS/c13-10-6-8-11(9-7-10)14-16(15)12-4-2-1-3-5-12/h1-5,10-11,14H,6-9,13H2. The van der Waals surface area contributed by atoms with Crippen LogP contribution in [0.15, 0.2) is 35.2 Å². The summed E-state index contributed by atoms with van der Waals surface area (Å²) >= 11 is 0. The molecule has 0 saturated heterocycles. The van der Waals surface area contributed by atoms with Crippen molar-refractivity contribution >= 4 is 11.0 Å². The zero-order chi connectivity index (χ0) is 11.4. The molecule has 0 heterocycles. The lowest BCUT2D eigenvalue weighted by atomic mass is 9.93. The normalized spacial score (nSPS) is 27.6. The first-order chi connectivity index (χ1) is 7.75. The summed E-state index contributed by atoms with van der Waals surface area (Å²) in [7, 11) is -1.08. The monoisotopic (exact) mass is 238 g/mol. The van der Waals surface area contributed by atoms with E-state index in [2.05, 4.69) is 4.72 Å². The number of rotatable bonds is 3. The van der Waals surface area contributed by atoms with E-state index in [4.69, 9.17) is 5.73 Å². The summed E-state index contributed by atoms with van der Waals surface area (Å²) in [5.74, 6) is 0. The summed E-state index contributed by atoms with van der Waals surface area (Å²) in [5, 5.41) is 0. The molecule has 1 aliphatic carbocycles. The molecule has 16 heavy (non-hydrogen) atoms. The highest BCUT2D eigenvalue weighted by molar-refractivity contribution is 7.83. The summed E-state index contributed by atoms with van der Waals surface area (Å²) in [4.78, 5) is 0.845. The Labute approximate surface area is 99.0 Å². The Hall–Kier alpha value is -0.710. The van der Waals surface area contributed by atoms with Crippen LogP contribution in [0.5, 0.6) is 0 Å². The molecule has 0 amide bonds. The van der Waals surface area contributed by atoms with Gasteiger partial charge in [0.1, 0.15) is 11.0 Å². The van der Waals surface area contributed by atoms with Crippen LogP contribution in [-0.2, 0) is 11.0 Å². The Balaban J connectivity index is 1.88. The van der Waals surface area contributed by atoms with Crippen LogP contribution in [0.2, 0.25) is 0 Å². The Morgan fingerprint density at radius 3 is 2.38 bits per heavy atom. The van der Waals surface area contributed by atoms with Crippen molar-refractivity contribution in [1.82, 2.24) is 4.72 Å². The average Bonchev–Trinajstić information content (AvgIpc) is 2.33. The van der Waals surface area contributed by atoms with Crippen molar-refractivity contribution in [3.8, 4) is 0 Å². The van der Waals surface area contributed by atoms with Crippen LogP contribution in [0.1, 0.15) is 25.7 Å². The van der Waals surface area contributed by atoms with Crippen molar-refractivity contribution in [2.75, 3.05) is 0 Å². The molecule has 0 aromatic heterocycles. The molecule has 3 nitrogen and oxygen atoms in total. The molecule has 0 aliphatic heterocycles. The highest BCUT2D eigenvalue weighted by Gasteiger charge is 2.20. The summed E-state index contributed by atoms with van der Waals surface area (Å²) < 4.78 is 15.1. The van der Waals surface area contributed by atoms with Crippen molar-refractivity contribution in [1.29, 1.82) is 0 Å². The van der Waals surface area contributed by atoms with Crippen LogP contribution < -0.4 is 10.5 Å². The highest BCUT2D eigenvalue weighted by Crippen LogP contribution is 2.18. The topological polar surface area (TPSA) is 55.1 Å². The minimum absolute atomic E-state index is 0.336. The molecule has 0 bridgehead atoms. The largest absolute Gasteiger partial charge is 0.328 e. The van der Waals surface area contributed by atoms with Gasteiger partial charge in [-0.2, -0.15) is 0 Å². The zero-order valence-electron chi connectivity index (χ0n) is 9.26. The van der Waals surface area contributed by atoms with Gasteiger partial charge in [0.2, 0.25) is 0 Å². The van der Waals surface area contributed by atoms with Gasteiger partial charge in [-0.15, -0.1) is 0 Å². The Morgan fingerprint density at radius 2 is 1.75 bits per heavy atom. The first-order valence-corrected chi connectivity index (χ1v) is 6.89. The third-order valence-electron chi connectivity index (χ3n) is 3.00. The van der Waals surface area contributed by atoms with Gasteiger partial charge in [-0.1, -0.05) is 18.2 Å². The van der Waals surface area contributed by atoms with Gasteiger partial charge >= 0.3 is 0 Å². The smallest absolute Gasteiger partial charge is 0.125 e. The summed E-state index contributed by atoms with van der Waals surface area (Å²) in [6.45, 7) is 0. The van der Waals surface area contributed by atoms with Gasteiger partial charge in [0.05, 0.1) is 4.90 Å². The van der Waals surface area contributed by atoms with Gasteiger partial charge in [0.15, 0.2) is 0 Å². The van der Waals surface area contributed by atoms with Crippen molar-refractivity contribution in [2.45, 2.75) is 42.7 Å². The van der Waals surface area contributed by atoms with Gasteiger partial charge in [-0.05, 0) is 37.8 Å². The van der Waals surface area contributed by atoms with Gasteiger partial charge < -0.3 is 5.73 Å². The van der Waals surface area contributed by atoms with Crippen molar-refractivity contribution < 1.29 is 4.21 Å². The molecular formula is C12H18N2OS. The summed E-state index contributed by atoms with van der Waals surface area (Å²) in [6, 6.07) is 10.2. The minimum atomic E-state index is -1.08. The first-order valence-electron chi connectivity index (χ1n) is 5.74. The molecule has 0 spiro atoms. The number of hydrogen-bond donors (Lipinski definition) is 2. The van der Waals surface area contributed by atoms with E-state index in [-0.39, 0.29) is 0 Å². The van der Waals surface area contributed by atoms with E-state index in [1.54, 1.807) is 0 Å². The molecule has 3 N–H and O–H groups in total. The van der Waals surface area contributed by atoms with Crippen LogP contribution in [0.4, 0.5) is 0 Å². The quantitative estimate of drug-likeness (QED) is 0.840. The molecule has 2 rings (SSSR count). The zero-order valence-corrected chi connectivity index (χ0v) is 10.1. The maximum absolute atomic E-state index is 12.0. The molecular weight excluding hydrogens is 220 g/mol. The molecule has 1 aromatic rings. The minimum Gasteiger partial charge on any atom is -0.328 e. The van der Waals surface area contributed by atoms with Crippen molar-refractivity contribution in [3.05, 3.63) is 30.3 Å². The predicted octanol–water partition coefficient (Wildman–Crippen LogP) is 1.57. The van der Waals surface area contributed by atoms with E-state index in [9.17, 15) is 4.21 Å². The predicted molar refractivity (Wildman–Crippen MR) is 66.2 cm³/mol. The first kappa shape index (κ1) is 11.8. The summed E-state index contributed by atoms with van der Waals surface area (Å²) in [5.41, 5.74) is 5.84. The fourth-order valence-electron chi connectivity index (χ4n) is 2.00. The van der Waals surface area contributed by atoms with E-state index in [1.807, 2.05) is 30.3 Å². The van der Waals surface area contributed by atoms with Crippen LogP contribution in [0.25, 0.3) is 0 Å². The molecule has 1 saturated carbocycles. The van der Waals surface area contributed by atoms with Gasteiger partial charge in [0, 0.05) is 12.1 Å². The maximum atomic E-state index is 12.0. The molecule has 0 radical (unpaired) electrons. The van der Waals surface area contributed by atoms with Crippen molar-refractivity contribution in [3.63, 3.8) is 0 Å². The Bertz CT molecular complexity index is 347. The van der Waals surface area contributed by atoms with Crippen LogP contribution in [-0.4, -0.2) is 16.3 Å². The number of nitrogens with two attached hydrogens (primary N) is 1. The lowest BCUT2D eigenvalue weighted by Gasteiger charge is -2.26. The highest BCUT2D eigenvalue weighted by atomic mass is 32.2. The number of hydrogen-bond acceptors (Lipinski definition) is 2. The molecule has 1 aromatic carbocycles. The lowest BCUT2D eigenvalue weighted by molar-refractivity contribution is 0.378.